The van der Waals surface area contributed by atoms with Crippen LogP contribution in [0.25, 0.3) is 0 Å². The first kappa shape index (κ1) is 13.2. The van der Waals surface area contributed by atoms with Gasteiger partial charge < -0.3 is 5.73 Å². The van der Waals surface area contributed by atoms with E-state index in [4.69, 9.17) is 5.73 Å². The highest BCUT2D eigenvalue weighted by Crippen LogP contribution is 2.23. The fourth-order valence-corrected chi connectivity index (χ4v) is 3.18. The van der Waals surface area contributed by atoms with Gasteiger partial charge in [0.05, 0.1) is 12.4 Å². The number of aromatic amines is 1. The van der Waals surface area contributed by atoms with Crippen LogP contribution in [-0.4, -0.2) is 28.6 Å². The van der Waals surface area contributed by atoms with Crippen molar-refractivity contribution < 1.29 is 8.42 Å². The summed E-state index contributed by atoms with van der Waals surface area (Å²) in [5, 5.41) is 5.88. The molecular formula is C7H6Br2N6O2S. The Morgan fingerprint density at radius 1 is 1.33 bits per heavy atom. The Labute approximate surface area is 119 Å². The number of nitrogens with zero attached hydrogens (tertiary/aromatic N) is 3. The lowest BCUT2D eigenvalue weighted by Gasteiger charge is -2.07. The predicted octanol–water partition coefficient (Wildman–Crippen LogP) is 1.11. The van der Waals surface area contributed by atoms with Crippen LogP contribution in [0.15, 0.2) is 26.5 Å². The number of sulfonamides is 1. The van der Waals surface area contributed by atoms with E-state index in [9.17, 15) is 8.42 Å². The Morgan fingerprint density at radius 2 is 2.06 bits per heavy atom. The van der Waals surface area contributed by atoms with Gasteiger partial charge in [-0.1, -0.05) is 0 Å². The summed E-state index contributed by atoms with van der Waals surface area (Å²) in [5.41, 5.74) is 5.45. The quantitative estimate of drug-likeness (QED) is 0.711. The van der Waals surface area contributed by atoms with Gasteiger partial charge in [-0.15, -0.1) is 0 Å². The largest absolute Gasteiger partial charge is 0.383 e. The Hall–Kier alpha value is -1.20. The molecule has 2 aromatic rings. The first-order chi connectivity index (χ1) is 8.40. The maximum Gasteiger partial charge on any atom is 0.268 e. The van der Waals surface area contributed by atoms with Gasteiger partial charge in [-0.05, 0) is 31.9 Å². The lowest BCUT2D eigenvalue weighted by atomic mass is 10.7. The number of rotatable bonds is 3. The Bertz CT molecular complexity index is 685. The van der Waals surface area contributed by atoms with E-state index in [1.54, 1.807) is 0 Å². The van der Waals surface area contributed by atoms with Gasteiger partial charge >= 0.3 is 0 Å². The molecule has 0 unspecified atom stereocenters. The summed E-state index contributed by atoms with van der Waals surface area (Å²) in [6.45, 7) is 0. The van der Waals surface area contributed by atoms with Crippen molar-refractivity contribution in [1.29, 1.82) is 0 Å². The van der Waals surface area contributed by atoms with Crippen molar-refractivity contribution in [3.8, 4) is 0 Å². The molecule has 0 spiro atoms. The fourth-order valence-electron chi connectivity index (χ4n) is 1.10. The van der Waals surface area contributed by atoms with E-state index < -0.39 is 10.0 Å². The Morgan fingerprint density at radius 3 is 2.61 bits per heavy atom. The minimum absolute atomic E-state index is 0.0521. The van der Waals surface area contributed by atoms with Crippen molar-refractivity contribution in [1.82, 2.24) is 20.2 Å². The number of H-pyrrole nitrogens is 1. The summed E-state index contributed by atoms with van der Waals surface area (Å²) in [6, 6.07) is 0. The van der Waals surface area contributed by atoms with Gasteiger partial charge in [0.25, 0.3) is 10.0 Å². The topological polar surface area (TPSA) is 127 Å². The number of nitrogens with one attached hydrogen (secondary N) is 2. The highest BCUT2D eigenvalue weighted by atomic mass is 79.9. The van der Waals surface area contributed by atoms with Gasteiger partial charge in [-0.2, -0.15) is 5.10 Å². The normalized spacial score (nSPS) is 11.4. The van der Waals surface area contributed by atoms with Crippen LogP contribution in [0.4, 0.5) is 11.6 Å². The molecule has 4 N–H and O–H groups in total. The Balaban J connectivity index is 2.37. The van der Waals surface area contributed by atoms with Gasteiger partial charge in [0.2, 0.25) is 0 Å². The minimum Gasteiger partial charge on any atom is -0.383 e. The molecule has 96 valence electrons. The van der Waals surface area contributed by atoms with E-state index in [-0.39, 0.29) is 21.1 Å². The highest BCUT2D eigenvalue weighted by Gasteiger charge is 2.21. The molecule has 0 atom stereocenters. The smallest absolute Gasteiger partial charge is 0.268 e. The van der Waals surface area contributed by atoms with Crippen LogP contribution in [-0.2, 0) is 10.0 Å². The number of aromatic nitrogens is 4. The van der Waals surface area contributed by atoms with Crippen molar-refractivity contribution in [3.63, 3.8) is 0 Å². The monoisotopic (exact) mass is 396 g/mol. The summed E-state index contributed by atoms with van der Waals surface area (Å²) in [7, 11) is -3.85. The summed E-state index contributed by atoms with van der Waals surface area (Å²) < 4.78 is 26.9. The third-order valence-corrected chi connectivity index (χ3v) is 4.15. The number of hydrogen-bond donors (Lipinski definition) is 3. The summed E-state index contributed by atoms with van der Waals surface area (Å²) in [4.78, 5) is 7.68. The zero-order chi connectivity index (χ0) is 13.3. The molecule has 0 aromatic carbocycles. The van der Waals surface area contributed by atoms with Crippen LogP contribution in [0.5, 0.6) is 0 Å². The molecule has 0 aliphatic carbocycles. The molecule has 0 aliphatic heterocycles. The summed E-state index contributed by atoms with van der Waals surface area (Å²) >= 11 is 6.21. The van der Waals surface area contributed by atoms with Crippen molar-refractivity contribution in [2.24, 2.45) is 0 Å². The average Bonchev–Trinajstić information content (AvgIpc) is 2.69. The van der Waals surface area contributed by atoms with Gasteiger partial charge in [-0.3, -0.25) is 9.82 Å². The molecule has 0 aliphatic rings. The van der Waals surface area contributed by atoms with Gasteiger partial charge in [0, 0.05) is 0 Å². The molecule has 0 bridgehead atoms. The molecule has 2 rings (SSSR count). The van der Waals surface area contributed by atoms with Crippen LogP contribution in [0.1, 0.15) is 0 Å². The minimum atomic E-state index is -3.85. The van der Waals surface area contributed by atoms with E-state index in [0.717, 1.165) is 6.20 Å². The lowest BCUT2D eigenvalue weighted by Crippen LogP contribution is -2.15. The zero-order valence-corrected chi connectivity index (χ0v) is 12.5. The average molecular weight is 398 g/mol. The molecule has 0 fully saturated rings. The second-order valence-corrected chi connectivity index (χ2v) is 6.30. The van der Waals surface area contributed by atoms with E-state index >= 15 is 0 Å². The molecule has 18 heavy (non-hydrogen) atoms. The molecule has 2 heterocycles. The SMILES string of the molecule is Nc1[nH]ncc1S(=O)(=O)Nc1ncc(Br)nc1Br. The first-order valence-corrected chi connectivity index (χ1v) is 7.47. The van der Waals surface area contributed by atoms with E-state index in [1.165, 1.54) is 6.20 Å². The number of hydrogen-bond acceptors (Lipinski definition) is 6. The number of halogens is 2. The molecule has 8 nitrogen and oxygen atoms in total. The maximum atomic E-state index is 12.0. The van der Waals surface area contributed by atoms with Crippen LogP contribution >= 0.6 is 31.9 Å². The molecule has 0 amide bonds. The number of anilines is 2. The standard InChI is InChI=1S/C7H6Br2N6O2S/c8-4-2-11-7(5(9)13-4)15-18(16,17)3-1-12-14-6(3)10/h1-2H,(H,11,15)(H3,10,12,14). The van der Waals surface area contributed by atoms with Crippen LogP contribution in [0.2, 0.25) is 0 Å². The molecule has 0 saturated carbocycles. The molecule has 11 heteroatoms. The molecule has 0 saturated heterocycles. The van der Waals surface area contributed by atoms with E-state index in [0.29, 0.717) is 4.60 Å². The van der Waals surface area contributed by atoms with E-state index in [2.05, 4.69) is 56.7 Å². The zero-order valence-electron chi connectivity index (χ0n) is 8.55. The fraction of sp³-hybridized carbons (Fsp3) is 0. The second-order valence-electron chi connectivity index (χ2n) is 3.09. The number of nitrogens with two attached hydrogens (primary N) is 1. The third-order valence-electron chi connectivity index (χ3n) is 1.85. The van der Waals surface area contributed by atoms with Gasteiger partial charge in [-0.25, -0.2) is 18.4 Å². The lowest BCUT2D eigenvalue weighted by molar-refractivity contribution is 0.601. The van der Waals surface area contributed by atoms with Crippen molar-refractivity contribution in [3.05, 3.63) is 21.6 Å². The maximum absolute atomic E-state index is 12.0. The molecule has 2 aromatic heterocycles. The Kier molecular flexibility index (Phi) is 3.54. The van der Waals surface area contributed by atoms with Crippen LogP contribution < -0.4 is 10.5 Å². The summed E-state index contributed by atoms with van der Waals surface area (Å²) in [6.07, 6.45) is 2.47. The summed E-state index contributed by atoms with van der Waals surface area (Å²) in [5.74, 6) is 0.00231. The first-order valence-electron chi connectivity index (χ1n) is 4.40. The van der Waals surface area contributed by atoms with Crippen molar-refractivity contribution in [2.75, 3.05) is 10.5 Å². The third kappa shape index (κ3) is 2.62. The molecular weight excluding hydrogens is 392 g/mol. The van der Waals surface area contributed by atoms with Crippen molar-refractivity contribution >= 4 is 53.5 Å². The van der Waals surface area contributed by atoms with E-state index in [1.807, 2.05) is 0 Å². The molecule has 0 radical (unpaired) electrons. The highest BCUT2D eigenvalue weighted by molar-refractivity contribution is 9.11. The number of nitrogen functional groups attached to an aromatic ring is 1. The van der Waals surface area contributed by atoms with Gasteiger partial charge in [0.15, 0.2) is 10.4 Å². The predicted molar refractivity (Wildman–Crippen MR) is 71.2 cm³/mol. The van der Waals surface area contributed by atoms with Crippen molar-refractivity contribution in [2.45, 2.75) is 4.90 Å². The van der Waals surface area contributed by atoms with Crippen LogP contribution in [0.3, 0.4) is 0 Å². The van der Waals surface area contributed by atoms with Crippen LogP contribution in [0, 0.1) is 0 Å². The van der Waals surface area contributed by atoms with Gasteiger partial charge in [0.1, 0.15) is 15.3 Å². The second kappa shape index (κ2) is 4.82.